The molecular weight excluding hydrogens is 877 g/mol. The molecule has 0 rings (SSSR count). The summed E-state index contributed by atoms with van der Waals surface area (Å²) in [5, 5.41) is 0. The standard InChI is InChI=1S/C65H106O6/c1-4-7-10-13-16-19-22-25-28-31-32-35-37-40-43-46-49-52-55-58-64(67)70-61-62(71-65(68)59-56-53-50-47-44-41-38-34-30-27-24-21-18-15-12-9-6-3)60-69-63(66)57-54-51-48-45-42-39-36-33-29-26-23-20-17-14-11-8-5-2/h7,10,16-21,25-30,32,35,38,40-41,43,62H,4-6,8-9,11-15,22-24,31,33-34,36-37,39,42,44-61H2,1-3H3/b10-7-,19-16-,20-17-,21-18-,28-25-,29-26-,30-27-,35-32-,41-38-,43-40-/t62-/m0/s1. The van der Waals surface area contributed by atoms with E-state index in [4.69, 9.17) is 14.2 Å². The minimum Gasteiger partial charge on any atom is -0.462 e. The van der Waals surface area contributed by atoms with E-state index in [-0.39, 0.29) is 37.5 Å². The number of unbranched alkanes of at least 4 members (excludes halogenated alkanes) is 20. The fourth-order valence-electron chi connectivity index (χ4n) is 7.56. The zero-order valence-corrected chi connectivity index (χ0v) is 45.9. The average molecular weight is 984 g/mol. The molecular formula is C65H106O6. The van der Waals surface area contributed by atoms with E-state index in [1.54, 1.807) is 0 Å². The van der Waals surface area contributed by atoms with Crippen molar-refractivity contribution in [1.82, 2.24) is 0 Å². The molecule has 0 aromatic carbocycles. The summed E-state index contributed by atoms with van der Waals surface area (Å²) in [7, 11) is 0. The zero-order valence-electron chi connectivity index (χ0n) is 45.9. The van der Waals surface area contributed by atoms with Crippen LogP contribution in [0.3, 0.4) is 0 Å². The third-order valence-corrected chi connectivity index (χ3v) is 11.9. The molecule has 0 unspecified atom stereocenters. The molecule has 0 aliphatic heterocycles. The topological polar surface area (TPSA) is 78.9 Å². The molecule has 0 aliphatic carbocycles. The highest BCUT2D eigenvalue weighted by Gasteiger charge is 2.19. The van der Waals surface area contributed by atoms with Gasteiger partial charge in [-0.25, -0.2) is 0 Å². The number of carbonyl (C=O) groups excluding carboxylic acids is 3. The molecule has 0 aromatic heterocycles. The lowest BCUT2D eigenvalue weighted by atomic mass is 10.1. The number of hydrogen-bond donors (Lipinski definition) is 0. The number of esters is 3. The van der Waals surface area contributed by atoms with Crippen LogP contribution in [0.25, 0.3) is 0 Å². The molecule has 6 nitrogen and oxygen atoms in total. The molecule has 6 heteroatoms. The first-order valence-electron chi connectivity index (χ1n) is 29.0. The van der Waals surface area contributed by atoms with Gasteiger partial charge in [0.15, 0.2) is 6.10 Å². The van der Waals surface area contributed by atoms with Crippen LogP contribution in [0, 0.1) is 0 Å². The number of hydrogen-bond acceptors (Lipinski definition) is 6. The van der Waals surface area contributed by atoms with Crippen molar-refractivity contribution >= 4 is 17.9 Å². The highest BCUT2D eigenvalue weighted by Crippen LogP contribution is 2.13. The summed E-state index contributed by atoms with van der Waals surface area (Å²) in [4.78, 5) is 38.2. The van der Waals surface area contributed by atoms with Gasteiger partial charge in [-0.05, 0) is 135 Å². The predicted molar refractivity (Wildman–Crippen MR) is 306 cm³/mol. The molecule has 0 heterocycles. The molecule has 0 bridgehead atoms. The van der Waals surface area contributed by atoms with Crippen molar-refractivity contribution in [2.45, 2.75) is 258 Å². The van der Waals surface area contributed by atoms with Gasteiger partial charge in [-0.3, -0.25) is 14.4 Å². The van der Waals surface area contributed by atoms with E-state index < -0.39 is 6.10 Å². The van der Waals surface area contributed by atoms with Crippen LogP contribution in [-0.4, -0.2) is 37.2 Å². The SMILES string of the molecule is CC/C=C\C/C=C\C/C=C\C/C=C\C/C=C\CCCCCC(=O)OC[C@H](COC(=O)CCCCCCCCC/C=C\C/C=C\CCCCC)OC(=O)CCCCCC/C=C\C/C=C\C/C=C\CCCCC. The second-order valence-electron chi connectivity index (χ2n) is 18.8. The molecule has 402 valence electrons. The molecule has 0 N–H and O–H groups in total. The molecule has 0 saturated heterocycles. The smallest absolute Gasteiger partial charge is 0.306 e. The number of ether oxygens (including phenoxy) is 3. The lowest BCUT2D eigenvalue weighted by molar-refractivity contribution is -0.167. The summed E-state index contributed by atoms with van der Waals surface area (Å²) >= 11 is 0. The minimum atomic E-state index is -0.811. The molecule has 0 saturated carbocycles. The summed E-state index contributed by atoms with van der Waals surface area (Å²) in [5.74, 6) is -0.969. The predicted octanol–water partition coefficient (Wildman–Crippen LogP) is 19.6. The fourth-order valence-corrected chi connectivity index (χ4v) is 7.56. The van der Waals surface area contributed by atoms with Gasteiger partial charge in [-0.15, -0.1) is 0 Å². The molecule has 0 amide bonds. The first-order valence-corrected chi connectivity index (χ1v) is 29.0. The first-order chi connectivity index (χ1) is 35.0. The van der Waals surface area contributed by atoms with Gasteiger partial charge < -0.3 is 14.2 Å². The number of allylic oxidation sites excluding steroid dienone is 20. The zero-order chi connectivity index (χ0) is 51.4. The largest absolute Gasteiger partial charge is 0.462 e. The van der Waals surface area contributed by atoms with Gasteiger partial charge >= 0.3 is 17.9 Å². The summed E-state index contributed by atoms with van der Waals surface area (Å²) in [6.45, 7) is 6.42. The molecule has 0 fully saturated rings. The molecule has 0 spiro atoms. The highest BCUT2D eigenvalue weighted by atomic mass is 16.6. The average Bonchev–Trinajstić information content (AvgIpc) is 3.37. The Hall–Kier alpha value is -4.19. The van der Waals surface area contributed by atoms with E-state index in [9.17, 15) is 14.4 Å². The molecule has 1 atom stereocenters. The third-order valence-electron chi connectivity index (χ3n) is 11.9. The van der Waals surface area contributed by atoms with Gasteiger partial charge in [-0.2, -0.15) is 0 Å². The van der Waals surface area contributed by atoms with Gasteiger partial charge in [0.25, 0.3) is 0 Å². The second kappa shape index (κ2) is 58.4. The highest BCUT2D eigenvalue weighted by molar-refractivity contribution is 5.71. The van der Waals surface area contributed by atoms with E-state index >= 15 is 0 Å². The monoisotopic (exact) mass is 983 g/mol. The summed E-state index contributed by atoms with van der Waals surface area (Å²) in [6.07, 6.45) is 80.4. The van der Waals surface area contributed by atoms with Crippen LogP contribution in [0.5, 0.6) is 0 Å². The van der Waals surface area contributed by atoms with Crippen LogP contribution < -0.4 is 0 Å². The van der Waals surface area contributed by atoms with Crippen LogP contribution >= 0.6 is 0 Å². The van der Waals surface area contributed by atoms with Gasteiger partial charge in [-0.1, -0.05) is 219 Å². The molecule has 71 heavy (non-hydrogen) atoms. The maximum atomic E-state index is 12.9. The summed E-state index contributed by atoms with van der Waals surface area (Å²) < 4.78 is 16.8. The molecule has 0 aromatic rings. The fraction of sp³-hybridized carbons (Fsp3) is 0.646. The van der Waals surface area contributed by atoms with Crippen molar-refractivity contribution < 1.29 is 28.6 Å². The van der Waals surface area contributed by atoms with Gasteiger partial charge in [0.1, 0.15) is 13.2 Å². The Morgan fingerprint density at radius 2 is 0.549 bits per heavy atom. The summed E-state index contributed by atoms with van der Waals surface area (Å²) in [5.41, 5.74) is 0. The Morgan fingerprint density at radius 3 is 0.873 bits per heavy atom. The second-order valence-corrected chi connectivity index (χ2v) is 18.8. The summed E-state index contributed by atoms with van der Waals surface area (Å²) in [6, 6.07) is 0. The normalized spacial score (nSPS) is 13.0. The van der Waals surface area contributed by atoms with Crippen molar-refractivity contribution in [3.63, 3.8) is 0 Å². The Morgan fingerprint density at radius 1 is 0.296 bits per heavy atom. The van der Waals surface area contributed by atoms with Crippen LogP contribution in [0.15, 0.2) is 122 Å². The minimum absolute atomic E-state index is 0.105. The Bertz CT molecular complexity index is 1500. The lowest BCUT2D eigenvalue weighted by Crippen LogP contribution is -2.30. The number of rotatable bonds is 51. The third kappa shape index (κ3) is 56.6. The Balaban J connectivity index is 4.52. The quantitative estimate of drug-likeness (QED) is 0.0261. The molecule has 0 aliphatic rings. The van der Waals surface area contributed by atoms with E-state index in [1.165, 1.54) is 77.0 Å². The van der Waals surface area contributed by atoms with Gasteiger partial charge in [0.05, 0.1) is 0 Å². The van der Waals surface area contributed by atoms with Crippen LogP contribution in [-0.2, 0) is 28.6 Å². The van der Waals surface area contributed by atoms with E-state index in [0.717, 1.165) is 135 Å². The Labute approximate surface area is 437 Å². The van der Waals surface area contributed by atoms with E-state index in [0.29, 0.717) is 12.8 Å². The van der Waals surface area contributed by atoms with Gasteiger partial charge in [0, 0.05) is 19.3 Å². The van der Waals surface area contributed by atoms with Crippen LogP contribution in [0.4, 0.5) is 0 Å². The van der Waals surface area contributed by atoms with Crippen molar-refractivity contribution in [2.75, 3.05) is 13.2 Å². The van der Waals surface area contributed by atoms with Gasteiger partial charge in [0.2, 0.25) is 0 Å². The van der Waals surface area contributed by atoms with E-state index in [1.807, 2.05) is 0 Å². The Kier molecular flexibility index (Phi) is 54.9. The number of carbonyl (C=O) groups is 3. The lowest BCUT2D eigenvalue weighted by Gasteiger charge is -2.18. The van der Waals surface area contributed by atoms with Crippen molar-refractivity contribution in [3.05, 3.63) is 122 Å². The maximum absolute atomic E-state index is 12.9. The maximum Gasteiger partial charge on any atom is 0.306 e. The molecule has 0 radical (unpaired) electrons. The first kappa shape index (κ1) is 66.8. The van der Waals surface area contributed by atoms with Crippen molar-refractivity contribution in [1.29, 1.82) is 0 Å². The van der Waals surface area contributed by atoms with Crippen LogP contribution in [0.2, 0.25) is 0 Å². The van der Waals surface area contributed by atoms with Crippen molar-refractivity contribution in [2.24, 2.45) is 0 Å². The van der Waals surface area contributed by atoms with Crippen LogP contribution in [0.1, 0.15) is 252 Å². The van der Waals surface area contributed by atoms with E-state index in [2.05, 4.69) is 142 Å². The van der Waals surface area contributed by atoms with Crippen molar-refractivity contribution in [3.8, 4) is 0 Å².